The van der Waals surface area contributed by atoms with Crippen molar-refractivity contribution in [1.29, 1.82) is 0 Å². The van der Waals surface area contributed by atoms with Crippen LogP contribution in [0.5, 0.6) is 23.0 Å². The summed E-state index contributed by atoms with van der Waals surface area (Å²) in [6.45, 7) is 3.88. The third-order valence-corrected chi connectivity index (χ3v) is 17.2. The first-order valence-corrected chi connectivity index (χ1v) is 19.1. The van der Waals surface area contributed by atoms with Crippen LogP contribution < -0.4 is 18.3 Å². The summed E-state index contributed by atoms with van der Waals surface area (Å²) in [5, 5.41) is 14.5. The van der Waals surface area contributed by atoms with Crippen LogP contribution in [0.15, 0.2) is 117 Å². The molecule has 0 bridgehead atoms. The first-order chi connectivity index (χ1) is 22.4. The molecule has 0 N–H and O–H groups in total. The molecule has 0 amide bonds. The Morgan fingerprint density at radius 3 is 1.76 bits per heavy atom. The molecule has 0 aliphatic carbocycles. The maximum atomic E-state index is 7.01. The molecule has 3 atom stereocenters. The van der Waals surface area contributed by atoms with E-state index in [1.54, 1.807) is 32.9 Å². The molecule has 0 fully saturated rings. The summed E-state index contributed by atoms with van der Waals surface area (Å²) in [5.74, 6) is 2.47. The van der Waals surface area contributed by atoms with Gasteiger partial charge in [-0.25, -0.2) is 0 Å². The van der Waals surface area contributed by atoms with Gasteiger partial charge in [0, 0.05) is 16.8 Å². The lowest BCUT2D eigenvalue weighted by Crippen LogP contribution is -2.19. The SMILES string of the molecule is COc1ccc(O[P@]2(n3nc(C)cc3C)=N[P@@]3(=N[P@]4(=N2)Oc2ccccc2-c2ccnn24)Oc2ccccc2-c2ccnn23)cc1. The highest BCUT2D eigenvalue weighted by molar-refractivity contribution is 7.81. The van der Waals surface area contributed by atoms with E-state index in [9.17, 15) is 0 Å². The van der Waals surface area contributed by atoms with E-state index in [2.05, 4.69) is 0 Å². The molecule has 16 heteroatoms. The Hall–Kier alpha value is -4.82. The molecule has 46 heavy (non-hydrogen) atoms. The van der Waals surface area contributed by atoms with Crippen LogP contribution in [-0.4, -0.2) is 35.8 Å². The maximum absolute atomic E-state index is 7.01. The van der Waals surface area contributed by atoms with E-state index < -0.39 is 22.7 Å². The number of methoxy groups -OCH3 is 1. The minimum absolute atomic E-state index is 0.517. The molecule has 0 radical (unpaired) electrons. The van der Waals surface area contributed by atoms with Gasteiger partial charge >= 0.3 is 22.7 Å². The number of hydrogen-bond donors (Lipinski definition) is 0. The number of hydrogen-bond acceptors (Lipinski definition) is 10. The molecule has 230 valence electrons. The predicted octanol–water partition coefficient (Wildman–Crippen LogP) is 8.90. The second-order valence-corrected chi connectivity index (χ2v) is 17.7. The Morgan fingerprint density at radius 2 is 1.20 bits per heavy atom. The summed E-state index contributed by atoms with van der Waals surface area (Å²) >= 11 is 0. The number of nitrogens with zero attached hydrogens (tertiary/aromatic N) is 9. The highest BCUT2D eigenvalue weighted by Gasteiger charge is 2.51. The molecule has 2 spiro atoms. The van der Waals surface area contributed by atoms with Crippen molar-refractivity contribution in [2.45, 2.75) is 13.8 Å². The number of ether oxygens (including phenoxy) is 1. The topological polar surface area (TPSA) is 127 Å². The molecule has 0 saturated heterocycles. The molecule has 0 unspecified atom stereocenters. The van der Waals surface area contributed by atoms with Crippen molar-refractivity contribution in [3.05, 3.63) is 115 Å². The van der Waals surface area contributed by atoms with Crippen LogP contribution in [-0.2, 0) is 0 Å². The fourth-order valence-electron chi connectivity index (χ4n) is 5.80. The lowest BCUT2D eigenvalue weighted by atomic mass is 10.1. The summed E-state index contributed by atoms with van der Waals surface area (Å²) in [4.78, 5) is 0. The Balaban J connectivity index is 1.43. The molecule has 3 aliphatic rings. The van der Waals surface area contributed by atoms with E-state index in [-0.39, 0.29) is 0 Å². The highest BCUT2D eigenvalue weighted by atomic mass is 31.3. The number of aryl methyl sites for hydroxylation is 2. The number of rotatable bonds is 4. The van der Waals surface area contributed by atoms with Crippen LogP contribution in [0.2, 0.25) is 0 Å². The largest absolute Gasteiger partial charge is 0.497 e. The normalized spacial score (nSPS) is 23.4. The number of fused-ring (bicyclic) bond motifs is 8. The standard InChI is InChI=1S/C30H26N9O4P3/c1-21-20-22(2)37(33-21)44(41-24-14-12-23(40-3)13-15-24)34-45(38-27(16-18-31-38)25-8-4-6-10-29(25)42-45)36-46(35-44)39-28(17-19-32-39)26-9-5-7-11-30(26)43-46/h4-20H,1-3H3/t45-,46-/m0/s1. The fraction of sp³-hybridized carbons (Fsp3) is 0.100. The van der Waals surface area contributed by atoms with Gasteiger partial charge in [0.25, 0.3) is 0 Å². The van der Waals surface area contributed by atoms with Crippen LogP contribution in [0.4, 0.5) is 0 Å². The fourth-order valence-corrected chi connectivity index (χ4v) is 17.0. The molecular weight excluding hydrogens is 643 g/mol. The summed E-state index contributed by atoms with van der Waals surface area (Å²) in [7, 11) is -9.03. The van der Waals surface area contributed by atoms with Crippen molar-refractivity contribution in [2.75, 3.05) is 7.11 Å². The van der Waals surface area contributed by atoms with Gasteiger partial charge in [0.05, 0.1) is 36.6 Å². The van der Waals surface area contributed by atoms with Gasteiger partial charge in [-0.1, -0.05) is 24.3 Å². The van der Waals surface area contributed by atoms with Crippen LogP contribution in [0.1, 0.15) is 11.4 Å². The zero-order valence-electron chi connectivity index (χ0n) is 24.8. The second kappa shape index (κ2) is 9.84. The first kappa shape index (κ1) is 27.5. The zero-order chi connectivity index (χ0) is 31.1. The van der Waals surface area contributed by atoms with Crippen LogP contribution in [0, 0.1) is 13.8 Å². The lowest BCUT2D eigenvalue weighted by Gasteiger charge is -2.38. The third kappa shape index (κ3) is 3.95. The summed E-state index contributed by atoms with van der Waals surface area (Å²) in [6, 6.07) is 28.8. The zero-order valence-corrected chi connectivity index (χ0v) is 27.5. The summed E-state index contributed by atoms with van der Waals surface area (Å²) in [6.07, 6.45) is 3.46. The average Bonchev–Trinajstić information content (AvgIpc) is 3.83. The van der Waals surface area contributed by atoms with Gasteiger partial charge in [-0.2, -0.15) is 28.7 Å². The monoisotopic (exact) mass is 669 g/mol. The van der Waals surface area contributed by atoms with Crippen molar-refractivity contribution in [3.63, 3.8) is 0 Å². The van der Waals surface area contributed by atoms with Crippen molar-refractivity contribution in [3.8, 4) is 45.5 Å². The Labute approximate surface area is 264 Å². The molecular formula is C30H26N9O4P3. The molecule has 6 aromatic rings. The summed E-state index contributed by atoms with van der Waals surface area (Å²) in [5.41, 5.74) is 4.99. The smallest absolute Gasteiger partial charge is 0.385 e. The minimum atomic E-state index is -3.61. The van der Waals surface area contributed by atoms with Gasteiger partial charge < -0.3 is 18.3 Å². The van der Waals surface area contributed by atoms with E-state index >= 15 is 0 Å². The van der Waals surface area contributed by atoms with E-state index in [0.29, 0.717) is 23.0 Å². The van der Waals surface area contributed by atoms with Crippen LogP contribution >= 0.6 is 22.7 Å². The van der Waals surface area contributed by atoms with Gasteiger partial charge in [0.1, 0.15) is 23.0 Å². The number of aromatic nitrogens is 6. The predicted molar refractivity (Wildman–Crippen MR) is 176 cm³/mol. The Bertz CT molecular complexity index is 2280. The highest BCUT2D eigenvalue weighted by Crippen LogP contribution is 2.81. The van der Waals surface area contributed by atoms with Gasteiger partial charge in [0.2, 0.25) is 0 Å². The first-order valence-electron chi connectivity index (χ1n) is 14.4. The molecule has 3 aromatic heterocycles. The van der Waals surface area contributed by atoms with E-state index in [1.165, 1.54) is 0 Å². The Kier molecular flexibility index (Phi) is 5.88. The third-order valence-electron chi connectivity index (χ3n) is 7.73. The van der Waals surface area contributed by atoms with Crippen molar-refractivity contribution < 1.29 is 18.3 Å². The molecule has 0 saturated carbocycles. The van der Waals surface area contributed by atoms with E-state index in [0.717, 1.165) is 33.9 Å². The van der Waals surface area contributed by atoms with E-state index in [4.69, 9.17) is 47.2 Å². The molecule has 3 aromatic carbocycles. The van der Waals surface area contributed by atoms with Crippen LogP contribution in [0.25, 0.3) is 22.5 Å². The van der Waals surface area contributed by atoms with Crippen molar-refractivity contribution in [1.82, 2.24) is 28.7 Å². The van der Waals surface area contributed by atoms with Crippen molar-refractivity contribution >= 4 is 22.7 Å². The minimum Gasteiger partial charge on any atom is -0.497 e. The quantitative estimate of drug-likeness (QED) is 0.172. The van der Waals surface area contributed by atoms with Crippen molar-refractivity contribution in [2.24, 2.45) is 13.5 Å². The molecule has 13 nitrogen and oxygen atoms in total. The van der Waals surface area contributed by atoms with E-state index in [1.807, 2.05) is 105 Å². The number of benzene rings is 3. The molecule has 9 rings (SSSR count). The van der Waals surface area contributed by atoms with Gasteiger partial charge in [0.15, 0.2) is 0 Å². The van der Waals surface area contributed by atoms with Gasteiger partial charge in [-0.05, 0) is 80.6 Å². The lowest BCUT2D eigenvalue weighted by molar-refractivity contribution is 0.414. The maximum Gasteiger partial charge on any atom is 0.385 e. The summed E-state index contributed by atoms with van der Waals surface area (Å²) < 4.78 is 48.1. The average molecular weight is 670 g/mol. The Morgan fingerprint density at radius 1 is 0.630 bits per heavy atom. The van der Waals surface area contributed by atoms with Crippen LogP contribution in [0.3, 0.4) is 0 Å². The van der Waals surface area contributed by atoms with Gasteiger partial charge in [-0.3, -0.25) is 0 Å². The molecule has 3 aliphatic heterocycles. The molecule has 6 heterocycles. The van der Waals surface area contributed by atoms with Gasteiger partial charge in [-0.15, -0.1) is 13.5 Å². The second-order valence-electron chi connectivity index (χ2n) is 10.8. The number of para-hydroxylation sites is 2.